The van der Waals surface area contributed by atoms with E-state index in [9.17, 15) is 4.79 Å². The standard InChI is InChI=1S/C22H28O4/c1-5-16-11-12-20(17(6-2)13-16)26-15-19-18(14-22(23)24-4)9-8-10-21(19)25-7-3/h8-13H,5-7,14-15H2,1-4H3. The third-order valence-electron chi connectivity index (χ3n) is 4.38. The van der Waals surface area contributed by atoms with Crippen molar-refractivity contribution in [2.24, 2.45) is 0 Å². The van der Waals surface area contributed by atoms with Crippen molar-refractivity contribution >= 4 is 5.97 Å². The van der Waals surface area contributed by atoms with E-state index in [1.165, 1.54) is 18.2 Å². The predicted octanol–water partition coefficient (Wildman–Crippen LogP) is 4.50. The fraction of sp³-hybridized carbons (Fsp3) is 0.409. The van der Waals surface area contributed by atoms with E-state index >= 15 is 0 Å². The summed E-state index contributed by atoms with van der Waals surface area (Å²) < 4.78 is 16.7. The van der Waals surface area contributed by atoms with E-state index < -0.39 is 0 Å². The van der Waals surface area contributed by atoms with Gasteiger partial charge in [0.05, 0.1) is 20.1 Å². The fourth-order valence-electron chi connectivity index (χ4n) is 2.88. The lowest BCUT2D eigenvalue weighted by Crippen LogP contribution is -2.10. The van der Waals surface area contributed by atoms with Crippen molar-refractivity contribution in [3.05, 3.63) is 58.7 Å². The first-order valence-corrected chi connectivity index (χ1v) is 9.17. The van der Waals surface area contributed by atoms with Crippen LogP contribution in [0.25, 0.3) is 0 Å². The molecule has 26 heavy (non-hydrogen) atoms. The largest absolute Gasteiger partial charge is 0.493 e. The lowest BCUT2D eigenvalue weighted by molar-refractivity contribution is -0.139. The van der Waals surface area contributed by atoms with Crippen LogP contribution in [0.1, 0.15) is 43.0 Å². The molecule has 0 aliphatic carbocycles. The molecule has 0 aliphatic heterocycles. The highest BCUT2D eigenvalue weighted by Crippen LogP contribution is 2.27. The van der Waals surface area contributed by atoms with E-state index in [1.54, 1.807) is 0 Å². The number of carbonyl (C=O) groups is 1. The molecular weight excluding hydrogens is 328 g/mol. The Bertz CT molecular complexity index is 737. The first kappa shape index (κ1) is 19.8. The molecule has 0 unspecified atom stereocenters. The van der Waals surface area contributed by atoms with Crippen LogP contribution in [-0.4, -0.2) is 19.7 Å². The maximum absolute atomic E-state index is 11.7. The Morgan fingerprint density at radius 1 is 0.923 bits per heavy atom. The van der Waals surface area contributed by atoms with Gasteiger partial charge in [0.15, 0.2) is 0 Å². The first-order valence-electron chi connectivity index (χ1n) is 9.17. The zero-order valence-electron chi connectivity index (χ0n) is 16.1. The molecule has 2 rings (SSSR count). The molecule has 0 radical (unpaired) electrons. The van der Waals surface area contributed by atoms with E-state index in [0.29, 0.717) is 13.2 Å². The van der Waals surface area contributed by atoms with Crippen molar-refractivity contribution in [1.29, 1.82) is 0 Å². The molecule has 0 saturated carbocycles. The third kappa shape index (κ3) is 5.01. The normalized spacial score (nSPS) is 10.5. The Labute approximate surface area is 156 Å². The molecule has 0 aromatic heterocycles. The number of aryl methyl sites for hydroxylation is 2. The smallest absolute Gasteiger partial charge is 0.309 e. The van der Waals surface area contributed by atoms with Crippen LogP contribution in [0.15, 0.2) is 36.4 Å². The Morgan fingerprint density at radius 3 is 2.38 bits per heavy atom. The van der Waals surface area contributed by atoms with Crippen LogP contribution in [0.4, 0.5) is 0 Å². The summed E-state index contributed by atoms with van der Waals surface area (Å²) in [5.74, 6) is 1.35. The first-order chi connectivity index (χ1) is 12.6. The Hall–Kier alpha value is -2.49. The van der Waals surface area contributed by atoms with Crippen LogP contribution >= 0.6 is 0 Å². The number of benzene rings is 2. The van der Waals surface area contributed by atoms with Gasteiger partial charge in [-0.1, -0.05) is 38.1 Å². The lowest BCUT2D eigenvalue weighted by atomic mass is 10.0. The van der Waals surface area contributed by atoms with Gasteiger partial charge in [-0.3, -0.25) is 4.79 Å². The molecule has 0 fully saturated rings. The third-order valence-corrected chi connectivity index (χ3v) is 4.38. The van der Waals surface area contributed by atoms with Gasteiger partial charge in [-0.25, -0.2) is 0 Å². The maximum atomic E-state index is 11.7. The summed E-state index contributed by atoms with van der Waals surface area (Å²) in [6, 6.07) is 12.0. The molecular formula is C22H28O4. The van der Waals surface area contributed by atoms with E-state index in [4.69, 9.17) is 14.2 Å². The number of esters is 1. The van der Waals surface area contributed by atoms with Gasteiger partial charge < -0.3 is 14.2 Å². The summed E-state index contributed by atoms with van der Waals surface area (Å²) in [5.41, 5.74) is 4.25. The van der Waals surface area contributed by atoms with Crippen molar-refractivity contribution in [1.82, 2.24) is 0 Å². The van der Waals surface area contributed by atoms with Crippen LogP contribution in [0.2, 0.25) is 0 Å². The topological polar surface area (TPSA) is 44.8 Å². The minimum atomic E-state index is -0.276. The molecule has 4 heteroatoms. The summed E-state index contributed by atoms with van der Waals surface area (Å²) in [6.45, 7) is 7.11. The second-order valence-electron chi connectivity index (χ2n) is 6.02. The zero-order valence-corrected chi connectivity index (χ0v) is 16.1. The monoisotopic (exact) mass is 356 g/mol. The van der Waals surface area contributed by atoms with E-state index in [0.717, 1.165) is 35.5 Å². The average Bonchev–Trinajstić information content (AvgIpc) is 2.67. The maximum Gasteiger partial charge on any atom is 0.309 e. The van der Waals surface area contributed by atoms with E-state index in [-0.39, 0.29) is 12.4 Å². The Kier molecular flexibility index (Phi) is 7.52. The number of methoxy groups -OCH3 is 1. The summed E-state index contributed by atoms with van der Waals surface area (Å²) in [7, 11) is 1.40. The Balaban J connectivity index is 2.28. The molecule has 0 N–H and O–H groups in total. The van der Waals surface area contributed by atoms with Gasteiger partial charge in [-0.15, -0.1) is 0 Å². The highest BCUT2D eigenvalue weighted by Gasteiger charge is 2.14. The number of hydrogen-bond acceptors (Lipinski definition) is 4. The molecule has 0 aliphatic rings. The van der Waals surface area contributed by atoms with Crippen LogP contribution in [0.3, 0.4) is 0 Å². The Morgan fingerprint density at radius 2 is 1.73 bits per heavy atom. The molecule has 0 bridgehead atoms. The SMILES string of the molecule is CCOc1cccc(CC(=O)OC)c1COc1ccc(CC)cc1CC. The van der Waals surface area contributed by atoms with Crippen LogP contribution < -0.4 is 9.47 Å². The molecule has 0 atom stereocenters. The second-order valence-corrected chi connectivity index (χ2v) is 6.02. The van der Waals surface area contributed by atoms with Crippen molar-refractivity contribution in [3.63, 3.8) is 0 Å². The quantitative estimate of drug-likeness (QED) is 0.620. The average molecular weight is 356 g/mol. The lowest BCUT2D eigenvalue weighted by Gasteiger charge is -2.17. The number of carbonyl (C=O) groups excluding carboxylic acids is 1. The van der Waals surface area contributed by atoms with E-state index in [1.807, 2.05) is 31.2 Å². The zero-order chi connectivity index (χ0) is 18.9. The van der Waals surface area contributed by atoms with Crippen molar-refractivity contribution in [3.8, 4) is 11.5 Å². The molecule has 0 spiro atoms. The van der Waals surface area contributed by atoms with Gasteiger partial charge in [0, 0.05) is 5.56 Å². The van der Waals surface area contributed by atoms with Crippen LogP contribution in [0, 0.1) is 0 Å². The molecule has 4 nitrogen and oxygen atoms in total. The fourth-order valence-corrected chi connectivity index (χ4v) is 2.88. The van der Waals surface area contributed by atoms with Crippen molar-refractivity contribution in [2.75, 3.05) is 13.7 Å². The molecule has 140 valence electrons. The number of hydrogen-bond donors (Lipinski definition) is 0. The van der Waals surface area contributed by atoms with Crippen LogP contribution in [-0.2, 0) is 35.4 Å². The van der Waals surface area contributed by atoms with Crippen molar-refractivity contribution < 1.29 is 19.0 Å². The molecule has 2 aromatic rings. The summed E-state index contributed by atoms with van der Waals surface area (Å²) >= 11 is 0. The van der Waals surface area contributed by atoms with Gasteiger partial charge >= 0.3 is 5.97 Å². The molecule has 2 aromatic carbocycles. The summed E-state index contributed by atoms with van der Waals surface area (Å²) in [4.78, 5) is 11.7. The number of ether oxygens (including phenoxy) is 3. The minimum absolute atomic E-state index is 0.200. The number of rotatable bonds is 9. The highest BCUT2D eigenvalue weighted by molar-refractivity contribution is 5.73. The highest BCUT2D eigenvalue weighted by atomic mass is 16.5. The van der Waals surface area contributed by atoms with E-state index in [2.05, 4.69) is 26.0 Å². The van der Waals surface area contributed by atoms with Gasteiger partial charge in [-0.05, 0) is 48.6 Å². The van der Waals surface area contributed by atoms with Crippen LogP contribution in [0.5, 0.6) is 11.5 Å². The summed E-state index contributed by atoms with van der Waals surface area (Å²) in [5, 5.41) is 0. The van der Waals surface area contributed by atoms with Gasteiger partial charge in [0.1, 0.15) is 18.1 Å². The molecule has 0 amide bonds. The predicted molar refractivity (Wildman–Crippen MR) is 103 cm³/mol. The molecule has 0 saturated heterocycles. The second kappa shape index (κ2) is 9.85. The van der Waals surface area contributed by atoms with Gasteiger partial charge in [0.2, 0.25) is 0 Å². The molecule has 0 heterocycles. The minimum Gasteiger partial charge on any atom is -0.493 e. The van der Waals surface area contributed by atoms with Crippen molar-refractivity contribution in [2.45, 2.75) is 46.6 Å². The van der Waals surface area contributed by atoms with Gasteiger partial charge in [-0.2, -0.15) is 0 Å². The summed E-state index contributed by atoms with van der Waals surface area (Å²) in [6.07, 6.45) is 2.11. The van der Waals surface area contributed by atoms with Gasteiger partial charge in [0.25, 0.3) is 0 Å².